The maximum Gasteiger partial charge on any atom is 0.282 e. The molecule has 0 fully saturated rings. The Kier molecular flexibility index (Phi) is 4.77. The minimum absolute atomic E-state index is 0.0328. The Morgan fingerprint density at radius 1 is 1.21 bits per heavy atom. The average Bonchev–Trinajstić information content (AvgIpc) is 3.15. The topological polar surface area (TPSA) is 106 Å². The molecule has 0 atom stereocenters. The van der Waals surface area contributed by atoms with Crippen LogP contribution in [-0.4, -0.2) is 30.6 Å². The van der Waals surface area contributed by atoms with Crippen molar-refractivity contribution in [2.24, 2.45) is 0 Å². The van der Waals surface area contributed by atoms with Crippen LogP contribution in [-0.2, 0) is 0 Å². The Labute approximate surface area is 166 Å². The molecule has 29 heavy (non-hydrogen) atoms. The van der Waals surface area contributed by atoms with Crippen LogP contribution in [0.2, 0.25) is 5.02 Å². The molecule has 8 nitrogen and oxygen atoms in total. The molecule has 11 heteroatoms. The lowest BCUT2D eigenvalue weighted by molar-refractivity contribution is 0.101. The van der Waals surface area contributed by atoms with Gasteiger partial charge in [0.05, 0.1) is 22.3 Å². The van der Waals surface area contributed by atoms with Crippen LogP contribution < -0.4 is 10.9 Å². The molecular weight excluding hydrogens is 406 g/mol. The van der Waals surface area contributed by atoms with Crippen LogP contribution in [0, 0.1) is 0 Å². The maximum atomic E-state index is 13.2. The Balaban J connectivity index is 1.75. The van der Waals surface area contributed by atoms with E-state index in [0.717, 1.165) is 10.7 Å². The Morgan fingerprint density at radius 2 is 2.03 bits per heavy atom. The fraction of sp³-hybridized carbons (Fsp3) is 0.0556. The number of alkyl halides is 2. The van der Waals surface area contributed by atoms with Gasteiger partial charge in [-0.3, -0.25) is 9.59 Å². The molecule has 0 aliphatic carbocycles. The van der Waals surface area contributed by atoms with E-state index < -0.39 is 23.6 Å². The first-order valence-electron chi connectivity index (χ1n) is 8.22. The lowest BCUT2D eigenvalue weighted by atomic mass is 10.2. The Bertz CT molecular complexity index is 1290. The molecule has 2 N–H and O–H groups in total. The van der Waals surface area contributed by atoms with Crippen LogP contribution in [0.3, 0.4) is 0 Å². The number of hydrogen-bond acceptors (Lipinski definition) is 5. The summed E-state index contributed by atoms with van der Waals surface area (Å²) in [6.45, 7) is 0. The van der Waals surface area contributed by atoms with Crippen LogP contribution in [0.4, 0.5) is 14.5 Å². The lowest BCUT2D eigenvalue weighted by Gasteiger charge is -2.09. The number of carbonyl (C=O) groups is 1. The summed E-state index contributed by atoms with van der Waals surface area (Å²) in [7, 11) is 0. The van der Waals surface area contributed by atoms with E-state index in [1.807, 2.05) is 0 Å². The highest BCUT2D eigenvalue weighted by atomic mass is 35.5. The summed E-state index contributed by atoms with van der Waals surface area (Å²) >= 11 is 6.08. The molecule has 146 valence electrons. The zero-order chi connectivity index (χ0) is 20.5. The van der Waals surface area contributed by atoms with Crippen molar-refractivity contribution >= 4 is 34.1 Å². The third-order valence-electron chi connectivity index (χ3n) is 4.03. The second-order valence-electron chi connectivity index (χ2n) is 5.90. The van der Waals surface area contributed by atoms with Gasteiger partial charge in [0, 0.05) is 11.9 Å². The van der Waals surface area contributed by atoms with Crippen molar-refractivity contribution in [1.82, 2.24) is 24.7 Å². The molecular formula is C18H11ClF2N6O2. The van der Waals surface area contributed by atoms with Gasteiger partial charge in [0.1, 0.15) is 11.4 Å². The van der Waals surface area contributed by atoms with E-state index in [1.165, 1.54) is 24.7 Å². The first-order chi connectivity index (χ1) is 13.9. The number of halogens is 3. The van der Waals surface area contributed by atoms with Crippen LogP contribution in [0.25, 0.3) is 16.7 Å². The number of nitrogens with zero attached hydrogens (tertiary/aromatic N) is 4. The van der Waals surface area contributed by atoms with Gasteiger partial charge in [-0.05, 0) is 36.4 Å². The van der Waals surface area contributed by atoms with Crippen molar-refractivity contribution in [3.8, 4) is 5.82 Å². The molecule has 0 aliphatic heterocycles. The van der Waals surface area contributed by atoms with Gasteiger partial charge >= 0.3 is 0 Å². The molecule has 0 saturated carbocycles. The van der Waals surface area contributed by atoms with Crippen LogP contribution in [0.1, 0.15) is 22.6 Å². The number of H-pyrrole nitrogens is 1. The van der Waals surface area contributed by atoms with E-state index in [2.05, 4.69) is 25.4 Å². The molecule has 0 saturated heterocycles. The highest BCUT2D eigenvalue weighted by molar-refractivity contribution is 6.32. The third kappa shape index (κ3) is 3.57. The molecule has 1 amide bonds. The van der Waals surface area contributed by atoms with Crippen LogP contribution >= 0.6 is 11.6 Å². The van der Waals surface area contributed by atoms with Gasteiger partial charge in [-0.15, -0.1) is 0 Å². The number of rotatable bonds is 4. The molecule has 4 rings (SSSR count). The van der Waals surface area contributed by atoms with E-state index in [4.69, 9.17) is 11.6 Å². The quantitative estimate of drug-likeness (QED) is 0.530. The van der Waals surface area contributed by atoms with Crippen molar-refractivity contribution in [3.63, 3.8) is 0 Å². The molecule has 0 bridgehead atoms. The van der Waals surface area contributed by atoms with E-state index >= 15 is 0 Å². The van der Waals surface area contributed by atoms with Crippen molar-refractivity contribution in [2.45, 2.75) is 6.43 Å². The molecule has 1 aromatic carbocycles. The summed E-state index contributed by atoms with van der Waals surface area (Å²) < 4.78 is 27.3. The van der Waals surface area contributed by atoms with Gasteiger partial charge in [-0.2, -0.15) is 10.1 Å². The molecule has 0 unspecified atom stereocenters. The minimum Gasteiger partial charge on any atom is -0.346 e. The normalized spacial score (nSPS) is 11.2. The predicted molar refractivity (Wildman–Crippen MR) is 102 cm³/mol. The number of fused-ring (bicyclic) bond motifs is 1. The highest BCUT2D eigenvalue weighted by Gasteiger charge is 2.23. The Morgan fingerprint density at radius 3 is 2.79 bits per heavy atom. The number of pyridine rings is 1. The lowest BCUT2D eigenvalue weighted by Crippen LogP contribution is -2.18. The number of amides is 1. The molecule has 3 heterocycles. The second kappa shape index (κ2) is 7.40. The summed E-state index contributed by atoms with van der Waals surface area (Å²) in [4.78, 5) is 35.1. The fourth-order valence-electron chi connectivity index (χ4n) is 2.71. The summed E-state index contributed by atoms with van der Waals surface area (Å²) in [5, 5.41) is 6.72. The van der Waals surface area contributed by atoms with Crippen molar-refractivity contribution in [1.29, 1.82) is 0 Å². The molecule has 0 spiro atoms. The number of aromatic amines is 1. The van der Waals surface area contributed by atoms with Crippen LogP contribution in [0.5, 0.6) is 0 Å². The zero-order valence-corrected chi connectivity index (χ0v) is 15.2. The van der Waals surface area contributed by atoms with E-state index in [0.29, 0.717) is 5.52 Å². The Hall–Kier alpha value is -3.66. The average molecular weight is 417 g/mol. The molecule has 3 aromatic heterocycles. The predicted octanol–water partition coefficient (Wildman–Crippen LogP) is 3.35. The maximum absolute atomic E-state index is 13.2. The van der Waals surface area contributed by atoms with Gasteiger partial charge in [-0.1, -0.05) is 11.6 Å². The number of hydrogen-bond donors (Lipinski definition) is 2. The number of nitrogens with one attached hydrogen (secondary N) is 2. The fourth-order valence-corrected chi connectivity index (χ4v) is 2.91. The third-order valence-corrected chi connectivity index (χ3v) is 4.33. The highest BCUT2D eigenvalue weighted by Crippen LogP contribution is 2.24. The van der Waals surface area contributed by atoms with E-state index in [-0.39, 0.29) is 27.6 Å². The van der Waals surface area contributed by atoms with Crippen molar-refractivity contribution < 1.29 is 13.6 Å². The minimum atomic E-state index is -2.89. The van der Waals surface area contributed by atoms with Gasteiger partial charge in [-0.25, -0.2) is 18.4 Å². The molecule has 4 aromatic rings. The first kappa shape index (κ1) is 18.7. The van der Waals surface area contributed by atoms with Gasteiger partial charge < -0.3 is 10.3 Å². The number of aromatic nitrogens is 5. The van der Waals surface area contributed by atoms with Gasteiger partial charge in [0.15, 0.2) is 5.82 Å². The molecule has 0 aliphatic rings. The van der Waals surface area contributed by atoms with E-state index in [1.54, 1.807) is 18.2 Å². The SMILES string of the molecule is O=C(Nc1ccc2[nH]cnc(=O)c2c1)c1cc(C(F)F)nn1-c1ncccc1Cl. The van der Waals surface area contributed by atoms with Gasteiger partial charge in [0.25, 0.3) is 17.9 Å². The molecule has 0 radical (unpaired) electrons. The standard InChI is InChI=1S/C18H11ClF2N6O2/c19-11-2-1-5-22-16(11)27-14(7-13(26-27)15(20)21)18(29)25-9-3-4-12-10(6-9)17(28)24-8-23-12/h1-8,15H,(H,25,29)(H,23,24,28). The largest absolute Gasteiger partial charge is 0.346 e. The monoisotopic (exact) mass is 416 g/mol. The van der Waals surface area contributed by atoms with Crippen LogP contribution in [0.15, 0.2) is 53.7 Å². The number of benzene rings is 1. The summed E-state index contributed by atoms with van der Waals surface area (Å²) in [6, 6.07) is 8.59. The number of anilines is 1. The van der Waals surface area contributed by atoms with E-state index in [9.17, 15) is 18.4 Å². The summed E-state index contributed by atoms with van der Waals surface area (Å²) in [6.07, 6.45) is -0.227. The second-order valence-corrected chi connectivity index (χ2v) is 6.31. The van der Waals surface area contributed by atoms with Gasteiger partial charge in [0.2, 0.25) is 0 Å². The number of carbonyl (C=O) groups excluding carboxylic acids is 1. The zero-order valence-electron chi connectivity index (χ0n) is 14.4. The smallest absolute Gasteiger partial charge is 0.282 e. The van der Waals surface area contributed by atoms with Crippen molar-refractivity contribution in [3.05, 3.63) is 75.7 Å². The summed E-state index contributed by atoms with van der Waals surface area (Å²) in [5.74, 6) is -0.698. The van der Waals surface area contributed by atoms with Crippen molar-refractivity contribution in [2.75, 3.05) is 5.32 Å². The summed E-state index contributed by atoms with van der Waals surface area (Å²) in [5.41, 5.74) is -0.454. The first-order valence-corrected chi connectivity index (χ1v) is 8.59.